The van der Waals surface area contributed by atoms with Crippen LogP contribution in [-0.4, -0.2) is 4.89 Å². The second-order valence-corrected chi connectivity index (χ2v) is 18.1. The Morgan fingerprint density at radius 1 is 0.292 bits per heavy atom. The zero-order chi connectivity index (χ0) is 43.2. The predicted octanol–water partition coefficient (Wildman–Crippen LogP) is 16.8. The maximum atomic E-state index is 15.1. The fourth-order valence-corrected chi connectivity index (χ4v) is 11.5. The SMILES string of the molecule is O=P1(O)Oc2c(-c3c4ccccc4c(-c4ccccc4)c4ccccc34)cc3ccccc3c2-c2c(c(-c3c4ccccc4c(-c4ccccc4)c4ccccc34)cc3ccccc23)O1. The Balaban J connectivity index is 1.21. The molecule has 0 saturated heterocycles. The first kappa shape index (κ1) is 37.5. The van der Waals surface area contributed by atoms with Crippen LogP contribution >= 0.6 is 7.82 Å². The molecule has 0 radical (unpaired) electrons. The van der Waals surface area contributed by atoms with Crippen LogP contribution in [0, 0.1) is 0 Å². The lowest BCUT2D eigenvalue weighted by Crippen LogP contribution is -2.01. The van der Waals surface area contributed by atoms with Crippen LogP contribution < -0.4 is 9.05 Å². The van der Waals surface area contributed by atoms with Gasteiger partial charge in [0.15, 0.2) is 0 Å². The summed E-state index contributed by atoms with van der Waals surface area (Å²) in [6, 6.07) is 75.5. The normalized spacial score (nSPS) is 13.1. The van der Waals surface area contributed by atoms with E-state index in [1.54, 1.807) is 0 Å². The number of hydrogen-bond acceptors (Lipinski definition) is 3. The first-order chi connectivity index (χ1) is 32.0. The molecule has 12 aromatic carbocycles. The van der Waals surface area contributed by atoms with Crippen LogP contribution in [0.5, 0.6) is 11.5 Å². The Morgan fingerprint density at radius 2 is 0.554 bits per heavy atom. The van der Waals surface area contributed by atoms with E-state index in [1.165, 1.54) is 0 Å². The van der Waals surface area contributed by atoms with Gasteiger partial charge in [-0.15, -0.1) is 0 Å². The van der Waals surface area contributed by atoms with Gasteiger partial charge in [-0.25, -0.2) is 4.57 Å². The van der Waals surface area contributed by atoms with Crippen molar-refractivity contribution in [2.24, 2.45) is 0 Å². The lowest BCUT2D eigenvalue weighted by Gasteiger charge is -2.22. The van der Waals surface area contributed by atoms with Crippen molar-refractivity contribution in [3.8, 4) is 67.1 Å². The number of phosphoric acid groups is 1. The van der Waals surface area contributed by atoms with Crippen LogP contribution in [0.15, 0.2) is 218 Å². The number of hydrogen-bond donors (Lipinski definition) is 1. The highest BCUT2D eigenvalue weighted by Crippen LogP contribution is 2.63. The Hall–Kier alpha value is -8.01. The van der Waals surface area contributed by atoms with Crippen LogP contribution in [0.3, 0.4) is 0 Å². The highest BCUT2D eigenvalue weighted by atomic mass is 31.2. The van der Waals surface area contributed by atoms with Crippen molar-refractivity contribution < 1.29 is 18.5 Å². The molecule has 0 fully saturated rings. The van der Waals surface area contributed by atoms with Gasteiger partial charge < -0.3 is 9.05 Å². The molecule has 13 rings (SSSR count). The minimum atomic E-state index is -4.90. The van der Waals surface area contributed by atoms with Crippen molar-refractivity contribution in [1.82, 2.24) is 0 Å². The van der Waals surface area contributed by atoms with E-state index >= 15 is 4.57 Å². The molecule has 0 spiro atoms. The average Bonchev–Trinajstić information content (AvgIpc) is 3.48. The van der Waals surface area contributed by atoms with E-state index in [0.717, 1.165) is 98.0 Å². The average molecular weight is 853 g/mol. The third kappa shape index (κ3) is 5.78. The first-order valence-electron chi connectivity index (χ1n) is 21.8. The van der Waals surface area contributed by atoms with Gasteiger partial charge in [-0.05, 0) is 99.0 Å². The van der Waals surface area contributed by atoms with E-state index in [9.17, 15) is 4.89 Å². The standard InChI is InChI=1S/C60H37O4P/c61-65(62)63-59-51(55-47-31-15-11-27-43(47)53(37-19-3-1-4-20-37)44-28-12-16-32-48(44)55)35-39-23-7-9-25-41(39)57(59)58-42-26-10-8-24-40(42)36-52(60(58)64-65)56-49-33-17-13-29-45(49)54(38-21-5-2-6-22-38)46-30-14-18-34-50(46)56/h1-36H,(H,61,62). The highest BCUT2D eigenvalue weighted by molar-refractivity contribution is 7.48. The maximum absolute atomic E-state index is 15.1. The molecule has 1 aliphatic heterocycles. The summed E-state index contributed by atoms with van der Waals surface area (Å²) in [5.41, 5.74) is 9.11. The van der Waals surface area contributed by atoms with E-state index in [0.29, 0.717) is 33.8 Å². The molecule has 0 atom stereocenters. The molecular formula is C60H37O4P. The molecule has 0 unspecified atom stereocenters. The fraction of sp³-hybridized carbons (Fsp3) is 0. The van der Waals surface area contributed by atoms with Crippen molar-refractivity contribution in [2.75, 3.05) is 0 Å². The molecule has 0 aromatic heterocycles. The second-order valence-electron chi connectivity index (χ2n) is 16.8. The minimum absolute atomic E-state index is 0.299. The van der Waals surface area contributed by atoms with Crippen molar-refractivity contribution in [3.05, 3.63) is 218 Å². The Labute approximate surface area is 374 Å². The number of fused-ring (bicyclic) bond motifs is 11. The molecule has 4 nitrogen and oxygen atoms in total. The molecule has 0 saturated carbocycles. The number of rotatable bonds is 4. The van der Waals surface area contributed by atoms with Gasteiger partial charge in [-0.1, -0.05) is 206 Å². The summed E-state index contributed by atoms with van der Waals surface area (Å²) in [6.07, 6.45) is 0. The monoisotopic (exact) mass is 852 g/mol. The highest BCUT2D eigenvalue weighted by Gasteiger charge is 2.39. The summed E-state index contributed by atoms with van der Waals surface area (Å²) in [6.45, 7) is 0. The molecule has 0 amide bonds. The van der Waals surface area contributed by atoms with Gasteiger partial charge in [0.05, 0.1) is 0 Å². The molecule has 5 heteroatoms. The molecular weight excluding hydrogens is 816 g/mol. The van der Waals surface area contributed by atoms with Gasteiger partial charge in [0.1, 0.15) is 11.5 Å². The predicted molar refractivity (Wildman–Crippen MR) is 270 cm³/mol. The largest absolute Gasteiger partial charge is 0.584 e. The van der Waals surface area contributed by atoms with Crippen LogP contribution in [0.4, 0.5) is 0 Å². The summed E-state index contributed by atoms with van der Waals surface area (Å²) in [5.74, 6) is 0.597. The van der Waals surface area contributed by atoms with E-state index in [-0.39, 0.29) is 0 Å². The Kier molecular flexibility index (Phi) is 8.38. The summed E-state index contributed by atoms with van der Waals surface area (Å²) >= 11 is 0. The van der Waals surface area contributed by atoms with Gasteiger partial charge in [0.2, 0.25) is 0 Å². The molecule has 0 aliphatic carbocycles. The molecule has 65 heavy (non-hydrogen) atoms. The van der Waals surface area contributed by atoms with Gasteiger partial charge >= 0.3 is 7.82 Å². The van der Waals surface area contributed by atoms with Crippen molar-refractivity contribution >= 4 is 72.5 Å². The topological polar surface area (TPSA) is 55.8 Å². The molecule has 1 N–H and O–H groups in total. The molecule has 306 valence electrons. The molecule has 12 aromatic rings. The quantitative estimate of drug-likeness (QED) is 0.142. The van der Waals surface area contributed by atoms with Crippen LogP contribution in [0.1, 0.15) is 0 Å². The van der Waals surface area contributed by atoms with Gasteiger partial charge in [-0.3, -0.25) is 4.89 Å². The Morgan fingerprint density at radius 3 is 0.877 bits per heavy atom. The summed E-state index contributed by atoms with van der Waals surface area (Å²) in [5, 5.41) is 11.9. The molecule has 1 heterocycles. The summed E-state index contributed by atoms with van der Waals surface area (Å²) in [4.78, 5) is 12.3. The fourth-order valence-electron chi connectivity index (χ4n) is 10.6. The summed E-state index contributed by atoms with van der Waals surface area (Å²) in [7, 11) is -4.90. The van der Waals surface area contributed by atoms with Gasteiger partial charge in [0, 0.05) is 33.4 Å². The zero-order valence-corrected chi connectivity index (χ0v) is 35.8. The third-order valence-corrected chi connectivity index (χ3v) is 14.0. The van der Waals surface area contributed by atoms with Crippen LogP contribution in [0.2, 0.25) is 0 Å². The minimum Gasteiger partial charge on any atom is -0.394 e. The van der Waals surface area contributed by atoms with Crippen LogP contribution in [0.25, 0.3) is 120 Å². The van der Waals surface area contributed by atoms with Gasteiger partial charge in [-0.2, -0.15) is 0 Å². The van der Waals surface area contributed by atoms with E-state index in [4.69, 9.17) is 9.05 Å². The van der Waals surface area contributed by atoms with Crippen molar-refractivity contribution in [1.29, 1.82) is 0 Å². The first-order valence-corrected chi connectivity index (χ1v) is 23.3. The number of benzene rings is 12. The molecule has 0 bridgehead atoms. The summed E-state index contributed by atoms with van der Waals surface area (Å²) < 4.78 is 28.3. The Bertz CT molecular complexity index is 3620. The lowest BCUT2D eigenvalue weighted by molar-refractivity contribution is 0.295. The van der Waals surface area contributed by atoms with E-state index < -0.39 is 7.82 Å². The second kappa shape index (κ2) is 14.5. The number of phosphoric ester groups is 1. The van der Waals surface area contributed by atoms with E-state index in [2.05, 4.69) is 182 Å². The molecule has 1 aliphatic rings. The van der Waals surface area contributed by atoms with Crippen LogP contribution in [-0.2, 0) is 4.57 Å². The third-order valence-electron chi connectivity index (χ3n) is 13.2. The van der Waals surface area contributed by atoms with E-state index in [1.807, 2.05) is 36.4 Å². The smallest absolute Gasteiger partial charge is 0.394 e. The van der Waals surface area contributed by atoms with Crippen molar-refractivity contribution in [2.45, 2.75) is 0 Å². The zero-order valence-electron chi connectivity index (χ0n) is 34.9. The van der Waals surface area contributed by atoms with Crippen molar-refractivity contribution in [3.63, 3.8) is 0 Å². The lowest BCUT2D eigenvalue weighted by atomic mass is 9.81. The van der Waals surface area contributed by atoms with Gasteiger partial charge in [0.25, 0.3) is 0 Å². The maximum Gasteiger partial charge on any atom is 0.584 e.